The van der Waals surface area contributed by atoms with Crippen molar-refractivity contribution < 1.29 is 0 Å². The number of hydrogen-bond acceptors (Lipinski definition) is 3. The predicted octanol–water partition coefficient (Wildman–Crippen LogP) is 7.33. The van der Waals surface area contributed by atoms with Crippen LogP contribution in [0.2, 0.25) is 0 Å². The largest absolute Gasteiger partial charge is 0.393 e. The summed E-state index contributed by atoms with van der Waals surface area (Å²) in [6.07, 6.45) is 0. The molecule has 0 aliphatic heterocycles. The second kappa shape index (κ2) is 8.07. The van der Waals surface area contributed by atoms with Gasteiger partial charge in [0.15, 0.2) is 4.98 Å². The number of nitrogens with zero attached hydrogens (tertiary/aromatic N) is 2. The summed E-state index contributed by atoms with van der Waals surface area (Å²) in [6, 6.07) is 33.7. The van der Waals surface area contributed by atoms with Crippen LogP contribution in [0.4, 0.5) is 28.4 Å². The summed E-state index contributed by atoms with van der Waals surface area (Å²) >= 11 is 0. The number of hydrogen-bond donors (Lipinski definition) is 2. The van der Waals surface area contributed by atoms with Crippen molar-refractivity contribution in [3.05, 3.63) is 108 Å². The van der Waals surface area contributed by atoms with Gasteiger partial charge in [0.25, 0.3) is 0 Å². The Morgan fingerprint density at radius 2 is 1.14 bits per heavy atom. The molecule has 0 unspecified atom stereocenters. The van der Waals surface area contributed by atoms with Gasteiger partial charge in [0.05, 0.1) is 5.56 Å². The normalized spacial score (nSPS) is 10.1. The first-order valence-electron chi connectivity index (χ1n) is 9.06. The third-order valence-electron chi connectivity index (χ3n) is 4.44. The standard InChI is InChI=1S/C24H19N4/c25-28-24-16-15-20(26-18-9-3-1-4-10-18)17-22(24)21-13-7-8-14-23(21)27-19-11-5-2-6-12-19/h1-17,26-27H/q+1. The number of benzene rings is 4. The highest BCUT2D eigenvalue weighted by Gasteiger charge is 2.19. The summed E-state index contributed by atoms with van der Waals surface area (Å²) in [5, 5.41) is 16.4. The number of diazo groups is 1. The van der Waals surface area contributed by atoms with Crippen LogP contribution >= 0.6 is 0 Å². The topological polar surface area (TPSA) is 52.2 Å². The lowest BCUT2D eigenvalue weighted by atomic mass is 10.0. The monoisotopic (exact) mass is 363 g/mol. The fraction of sp³-hybridized carbons (Fsp3) is 0. The molecule has 4 aromatic rings. The van der Waals surface area contributed by atoms with Gasteiger partial charge in [-0.05, 0) is 42.5 Å². The van der Waals surface area contributed by atoms with E-state index in [1.807, 2.05) is 97.1 Å². The molecule has 0 saturated carbocycles. The van der Waals surface area contributed by atoms with Crippen molar-refractivity contribution >= 4 is 28.4 Å². The number of nitrogens with one attached hydrogen (secondary N) is 2. The minimum atomic E-state index is 0.515. The molecule has 0 aliphatic carbocycles. The maximum Gasteiger partial charge on any atom is 0.393 e. The Labute approximate surface area is 164 Å². The van der Waals surface area contributed by atoms with Crippen LogP contribution in [0.15, 0.2) is 103 Å². The first-order chi connectivity index (χ1) is 13.8. The van der Waals surface area contributed by atoms with Crippen LogP contribution in [0, 0.1) is 5.39 Å². The molecular formula is C24H19N4+. The molecule has 2 N–H and O–H groups in total. The van der Waals surface area contributed by atoms with Gasteiger partial charge in [-0.25, -0.2) is 0 Å². The second-order valence-electron chi connectivity index (χ2n) is 6.36. The van der Waals surface area contributed by atoms with Gasteiger partial charge in [0.1, 0.15) is 0 Å². The van der Waals surface area contributed by atoms with E-state index in [0.29, 0.717) is 5.69 Å². The molecule has 134 valence electrons. The van der Waals surface area contributed by atoms with Crippen molar-refractivity contribution in [2.75, 3.05) is 10.6 Å². The van der Waals surface area contributed by atoms with Crippen molar-refractivity contribution in [1.29, 1.82) is 5.39 Å². The average molecular weight is 363 g/mol. The minimum absolute atomic E-state index is 0.515. The zero-order valence-corrected chi connectivity index (χ0v) is 15.2. The summed E-state index contributed by atoms with van der Waals surface area (Å²) in [5.41, 5.74) is 6.16. The molecule has 0 radical (unpaired) electrons. The predicted molar refractivity (Wildman–Crippen MR) is 116 cm³/mol. The first-order valence-corrected chi connectivity index (χ1v) is 9.06. The fourth-order valence-corrected chi connectivity index (χ4v) is 3.11. The SMILES string of the molecule is N#[N+]c1ccc(Nc2ccccc2)cc1-c1ccccc1Nc1ccccc1. The Balaban J connectivity index is 1.74. The van der Waals surface area contributed by atoms with E-state index in [-0.39, 0.29) is 0 Å². The molecule has 0 saturated heterocycles. The zero-order chi connectivity index (χ0) is 19.2. The summed E-state index contributed by atoms with van der Waals surface area (Å²) in [6.45, 7) is 0. The maximum atomic E-state index is 9.53. The lowest BCUT2D eigenvalue weighted by Crippen LogP contribution is -1.94. The molecule has 0 amide bonds. The molecular weight excluding hydrogens is 344 g/mol. The summed E-state index contributed by atoms with van der Waals surface area (Å²) in [5.74, 6) is 0. The molecule has 0 aliphatic rings. The Hall–Kier alpha value is -4.10. The molecule has 0 atom stereocenters. The van der Waals surface area contributed by atoms with Crippen molar-refractivity contribution in [3.63, 3.8) is 0 Å². The van der Waals surface area contributed by atoms with Gasteiger partial charge in [-0.1, -0.05) is 54.6 Å². The van der Waals surface area contributed by atoms with Gasteiger partial charge in [0.2, 0.25) is 5.39 Å². The van der Waals surface area contributed by atoms with E-state index in [9.17, 15) is 5.39 Å². The van der Waals surface area contributed by atoms with Crippen molar-refractivity contribution in [2.45, 2.75) is 0 Å². The summed E-state index contributed by atoms with van der Waals surface area (Å²) < 4.78 is 0. The molecule has 0 aromatic heterocycles. The molecule has 0 bridgehead atoms. The van der Waals surface area contributed by atoms with E-state index in [4.69, 9.17) is 0 Å². The van der Waals surface area contributed by atoms with E-state index in [1.54, 1.807) is 6.07 Å². The van der Waals surface area contributed by atoms with Crippen LogP contribution < -0.4 is 10.6 Å². The Morgan fingerprint density at radius 1 is 0.536 bits per heavy atom. The molecule has 0 heterocycles. The number of anilines is 4. The minimum Gasteiger partial charge on any atom is -0.356 e. The van der Waals surface area contributed by atoms with Crippen molar-refractivity contribution in [2.24, 2.45) is 0 Å². The highest BCUT2D eigenvalue weighted by molar-refractivity contribution is 5.90. The van der Waals surface area contributed by atoms with Gasteiger partial charge >= 0.3 is 5.69 Å². The lowest BCUT2D eigenvalue weighted by Gasteiger charge is -2.12. The fourth-order valence-electron chi connectivity index (χ4n) is 3.11. The molecule has 4 nitrogen and oxygen atoms in total. The molecule has 0 fully saturated rings. The van der Waals surface area contributed by atoms with Crippen LogP contribution in [0.3, 0.4) is 0 Å². The second-order valence-corrected chi connectivity index (χ2v) is 6.36. The first kappa shape index (κ1) is 17.3. The zero-order valence-electron chi connectivity index (χ0n) is 15.2. The van der Waals surface area contributed by atoms with Crippen molar-refractivity contribution in [1.82, 2.24) is 0 Å². The number of para-hydroxylation sites is 3. The maximum absolute atomic E-state index is 9.53. The van der Waals surface area contributed by atoms with Gasteiger partial charge in [-0.2, -0.15) is 0 Å². The van der Waals surface area contributed by atoms with E-state index in [0.717, 1.165) is 33.9 Å². The Kier molecular flexibility index (Phi) is 4.99. The van der Waals surface area contributed by atoms with Gasteiger partial charge < -0.3 is 10.6 Å². The smallest absolute Gasteiger partial charge is 0.356 e. The quantitative estimate of drug-likeness (QED) is 0.365. The highest BCUT2D eigenvalue weighted by atomic mass is 14.9. The van der Waals surface area contributed by atoms with Gasteiger partial charge in [-0.15, -0.1) is 0 Å². The van der Waals surface area contributed by atoms with E-state index < -0.39 is 0 Å². The Bertz CT molecular complexity index is 1120. The van der Waals surface area contributed by atoms with Crippen LogP contribution in [-0.4, -0.2) is 0 Å². The van der Waals surface area contributed by atoms with Gasteiger partial charge in [0, 0.05) is 34.4 Å². The summed E-state index contributed by atoms with van der Waals surface area (Å²) in [7, 11) is 0. The molecule has 0 spiro atoms. The van der Waals surface area contributed by atoms with E-state index in [1.165, 1.54) is 0 Å². The Morgan fingerprint density at radius 3 is 1.82 bits per heavy atom. The van der Waals surface area contributed by atoms with Crippen LogP contribution in [0.1, 0.15) is 0 Å². The van der Waals surface area contributed by atoms with Crippen molar-refractivity contribution in [3.8, 4) is 11.1 Å². The molecule has 4 aromatic carbocycles. The number of rotatable bonds is 5. The summed E-state index contributed by atoms with van der Waals surface area (Å²) in [4.78, 5) is 3.49. The van der Waals surface area contributed by atoms with Crippen LogP contribution in [-0.2, 0) is 0 Å². The molecule has 4 rings (SSSR count). The lowest BCUT2D eigenvalue weighted by molar-refractivity contribution is 1.45. The van der Waals surface area contributed by atoms with E-state index >= 15 is 0 Å². The third kappa shape index (κ3) is 3.84. The van der Waals surface area contributed by atoms with E-state index in [2.05, 4.69) is 15.6 Å². The van der Waals surface area contributed by atoms with Gasteiger partial charge in [-0.3, -0.25) is 0 Å². The molecule has 4 heteroatoms. The van der Waals surface area contributed by atoms with Crippen LogP contribution in [0.5, 0.6) is 0 Å². The molecule has 28 heavy (non-hydrogen) atoms. The van der Waals surface area contributed by atoms with Crippen LogP contribution in [0.25, 0.3) is 16.1 Å². The highest BCUT2D eigenvalue weighted by Crippen LogP contribution is 2.38. The average Bonchev–Trinajstić information content (AvgIpc) is 2.76. The third-order valence-corrected chi connectivity index (χ3v) is 4.44.